The van der Waals surface area contributed by atoms with Crippen molar-refractivity contribution in [1.29, 1.82) is 0 Å². The first kappa shape index (κ1) is 22.7. The van der Waals surface area contributed by atoms with E-state index in [0.29, 0.717) is 12.5 Å². The highest BCUT2D eigenvalue weighted by Crippen LogP contribution is 2.51. The van der Waals surface area contributed by atoms with Crippen molar-refractivity contribution < 1.29 is 9.84 Å². The van der Waals surface area contributed by atoms with Gasteiger partial charge in [0.05, 0.1) is 12.4 Å². The molecule has 2 unspecified atom stereocenters. The Balaban J connectivity index is 1.44. The molecule has 0 spiro atoms. The highest BCUT2D eigenvalue weighted by atomic mass is 16.5. The summed E-state index contributed by atoms with van der Waals surface area (Å²) in [7, 11) is 0. The normalized spacial score (nSPS) is 16.8. The summed E-state index contributed by atoms with van der Waals surface area (Å²) in [4.78, 5) is 0. The molecule has 2 N–H and O–H groups in total. The summed E-state index contributed by atoms with van der Waals surface area (Å²) < 4.78 is 6.04. The van der Waals surface area contributed by atoms with Crippen LogP contribution in [0.2, 0.25) is 0 Å². The molecule has 0 heterocycles. The summed E-state index contributed by atoms with van der Waals surface area (Å²) in [5.74, 6) is 1.71. The molecule has 2 atom stereocenters. The van der Waals surface area contributed by atoms with Crippen LogP contribution in [0.4, 0.5) is 5.69 Å². The Morgan fingerprint density at radius 3 is 2.30 bits per heavy atom. The molecule has 1 saturated carbocycles. The number of hydrogen-bond acceptors (Lipinski definition) is 3. The van der Waals surface area contributed by atoms with Crippen molar-refractivity contribution in [3.05, 3.63) is 113 Å². The Kier molecular flexibility index (Phi) is 6.60. The van der Waals surface area contributed by atoms with Crippen LogP contribution in [0.5, 0.6) is 5.75 Å². The average Bonchev–Trinajstić information content (AvgIpc) is 3.57. The summed E-state index contributed by atoms with van der Waals surface area (Å²) in [5.41, 5.74) is 8.98. The van der Waals surface area contributed by atoms with Gasteiger partial charge in [0.25, 0.3) is 0 Å². The molecule has 33 heavy (non-hydrogen) atoms. The first-order valence-corrected chi connectivity index (χ1v) is 11.6. The maximum Gasteiger partial charge on any atom is 0.119 e. The van der Waals surface area contributed by atoms with Gasteiger partial charge in [0.15, 0.2) is 0 Å². The predicted molar refractivity (Wildman–Crippen MR) is 138 cm³/mol. The van der Waals surface area contributed by atoms with E-state index in [-0.39, 0.29) is 11.7 Å². The van der Waals surface area contributed by atoms with Gasteiger partial charge >= 0.3 is 0 Å². The Morgan fingerprint density at radius 2 is 1.67 bits per heavy atom. The fourth-order valence-corrected chi connectivity index (χ4v) is 4.58. The van der Waals surface area contributed by atoms with Crippen LogP contribution in [0.3, 0.4) is 0 Å². The number of rotatable bonds is 9. The highest BCUT2D eigenvalue weighted by molar-refractivity contribution is 5.80. The SMILES string of the molecule is C=C(Nc1cc(C2CC2C(=C)O)ccc1C)c1c(C)cc(OCCc2ccccc2)cc1C. The van der Waals surface area contributed by atoms with Gasteiger partial charge in [-0.15, -0.1) is 0 Å². The van der Waals surface area contributed by atoms with E-state index in [9.17, 15) is 5.11 Å². The lowest BCUT2D eigenvalue weighted by molar-refractivity contribution is 0.321. The minimum Gasteiger partial charge on any atom is -0.513 e. The number of allylic oxidation sites excluding steroid dienone is 1. The van der Waals surface area contributed by atoms with Crippen molar-refractivity contribution in [1.82, 2.24) is 0 Å². The van der Waals surface area contributed by atoms with E-state index >= 15 is 0 Å². The fraction of sp³-hybridized carbons (Fsp3) is 0.267. The molecule has 4 rings (SSSR count). The van der Waals surface area contributed by atoms with Crippen molar-refractivity contribution in [3.63, 3.8) is 0 Å². The van der Waals surface area contributed by atoms with Gasteiger partial charge in [-0.25, -0.2) is 0 Å². The van der Waals surface area contributed by atoms with Crippen LogP contribution < -0.4 is 10.1 Å². The summed E-state index contributed by atoms with van der Waals surface area (Å²) in [6.07, 6.45) is 1.85. The third kappa shape index (κ3) is 5.31. The number of hydrogen-bond donors (Lipinski definition) is 2. The average molecular weight is 440 g/mol. The first-order chi connectivity index (χ1) is 15.8. The van der Waals surface area contributed by atoms with Crippen LogP contribution in [0, 0.1) is 26.7 Å². The van der Waals surface area contributed by atoms with Crippen molar-refractivity contribution >= 4 is 11.4 Å². The van der Waals surface area contributed by atoms with Crippen molar-refractivity contribution in [2.75, 3.05) is 11.9 Å². The highest BCUT2D eigenvalue weighted by Gasteiger charge is 2.40. The minimum atomic E-state index is 0.183. The Morgan fingerprint density at radius 1 is 0.970 bits per heavy atom. The van der Waals surface area contributed by atoms with Gasteiger partial charge in [-0.05, 0) is 79.1 Å². The quantitative estimate of drug-likeness (QED) is 0.339. The number of aliphatic hydroxyl groups excluding tert-OH is 1. The standard InChI is InChI=1S/C30H33NO2/c1-19-11-12-25(28-18-27(28)23(5)32)17-29(19)31-22(4)30-20(2)15-26(16-21(30)3)33-14-13-24-9-7-6-8-10-24/h6-12,15-17,27-28,31-32H,4-5,13-14,18H2,1-3H3. The second-order valence-electron chi connectivity index (χ2n) is 9.13. The Hall–Kier alpha value is -3.46. The monoisotopic (exact) mass is 439 g/mol. The maximum atomic E-state index is 9.70. The third-order valence-electron chi connectivity index (χ3n) is 6.50. The molecule has 3 aromatic carbocycles. The largest absolute Gasteiger partial charge is 0.513 e. The number of nitrogens with one attached hydrogen (secondary N) is 1. The molecule has 3 aromatic rings. The van der Waals surface area contributed by atoms with E-state index in [0.717, 1.165) is 52.2 Å². The molecular weight excluding hydrogens is 406 g/mol. The second kappa shape index (κ2) is 9.58. The van der Waals surface area contributed by atoms with Gasteiger partial charge in [0, 0.05) is 29.3 Å². The summed E-state index contributed by atoms with van der Waals surface area (Å²) in [5, 5.41) is 13.2. The molecule has 3 heteroatoms. The third-order valence-corrected chi connectivity index (χ3v) is 6.50. The molecule has 3 nitrogen and oxygen atoms in total. The van der Waals surface area contributed by atoms with Gasteiger partial charge in [-0.1, -0.05) is 55.6 Å². The molecule has 1 fully saturated rings. The summed E-state index contributed by atoms with van der Waals surface area (Å²) in [6.45, 7) is 15.0. The van der Waals surface area contributed by atoms with Crippen LogP contribution in [-0.2, 0) is 6.42 Å². The van der Waals surface area contributed by atoms with Gasteiger partial charge in [0.2, 0.25) is 0 Å². The Bertz CT molecular complexity index is 1160. The van der Waals surface area contributed by atoms with Crippen LogP contribution in [0.1, 0.15) is 45.7 Å². The molecule has 170 valence electrons. The number of aliphatic hydroxyl groups is 1. The zero-order valence-corrected chi connectivity index (χ0v) is 19.8. The van der Waals surface area contributed by atoms with Gasteiger partial charge in [-0.2, -0.15) is 0 Å². The van der Waals surface area contributed by atoms with Gasteiger partial charge in [-0.3, -0.25) is 0 Å². The molecule has 0 aromatic heterocycles. The van der Waals surface area contributed by atoms with Crippen LogP contribution >= 0.6 is 0 Å². The summed E-state index contributed by atoms with van der Waals surface area (Å²) >= 11 is 0. The lowest BCUT2D eigenvalue weighted by Crippen LogP contribution is -2.06. The van der Waals surface area contributed by atoms with E-state index in [4.69, 9.17) is 4.74 Å². The number of ether oxygens (including phenoxy) is 1. The predicted octanol–water partition coefficient (Wildman–Crippen LogP) is 7.49. The smallest absolute Gasteiger partial charge is 0.119 e. The number of aryl methyl sites for hydroxylation is 3. The zero-order chi connectivity index (χ0) is 23.5. The molecule has 0 aliphatic heterocycles. The summed E-state index contributed by atoms with van der Waals surface area (Å²) in [6, 6.07) is 21.0. The van der Waals surface area contributed by atoms with Crippen LogP contribution in [0.25, 0.3) is 5.70 Å². The van der Waals surface area contributed by atoms with Crippen LogP contribution in [0.15, 0.2) is 79.6 Å². The molecule has 0 radical (unpaired) electrons. The maximum absolute atomic E-state index is 9.70. The number of anilines is 1. The Labute approximate surface area is 197 Å². The lowest BCUT2D eigenvalue weighted by atomic mass is 9.99. The van der Waals surface area contributed by atoms with E-state index in [1.807, 2.05) is 6.07 Å². The van der Waals surface area contributed by atoms with E-state index in [1.54, 1.807) is 0 Å². The second-order valence-corrected chi connectivity index (χ2v) is 9.13. The number of benzene rings is 3. The van der Waals surface area contributed by atoms with Crippen molar-refractivity contribution in [2.24, 2.45) is 5.92 Å². The fourth-order valence-electron chi connectivity index (χ4n) is 4.58. The van der Waals surface area contributed by atoms with E-state index in [2.05, 4.69) is 93.8 Å². The van der Waals surface area contributed by atoms with Gasteiger partial charge < -0.3 is 15.2 Å². The van der Waals surface area contributed by atoms with E-state index in [1.165, 1.54) is 11.1 Å². The molecule has 1 aliphatic carbocycles. The first-order valence-electron chi connectivity index (χ1n) is 11.6. The van der Waals surface area contributed by atoms with Crippen molar-refractivity contribution in [2.45, 2.75) is 39.5 Å². The van der Waals surface area contributed by atoms with Gasteiger partial charge in [0.1, 0.15) is 5.75 Å². The van der Waals surface area contributed by atoms with Crippen LogP contribution in [-0.4, -0.2) is 11.7 Å². The lowest BCUT2D eigenvalue weighted by Gasteiger charge is -2.19. The molecule has 0 bridgehead atoms. The molecule has 1 aliphatic rings. The topological polar surface area (TPSA) is 41.5 Å². The molecule has 0 amide bonds. The van der Waals surface area contributed by atoms with Crippen molar-refractivity contribution in [3.8, 4) is 5.75 Å². The minimum absolute atomic E-state index is 0.183. The van der Waals surface area contributed by atoms with E-state index < -0.39 is 0 Å². The zero-order valence-electron chi connectivity index (χ0n) is 19.8. The molecule has 0 saturated heterocycles. The molecular formula is C30H33NO2.